The van der Waals surface area contributed by atoms with E-state index in [0.717, 1.165) is 11.9 Å². The summed E-state index contributed by atoms with van der Waals surface area (Å²) in [6.07, 6.45) is -4.00. The van der Waals surface area contributed by atoms with Gasteiger partial charge >= 0.3 is 12.1 Å². The van der Waals surface area contributed by atoms with Crippen molar-refractivity contribution in [3.63, 3.8) is 0 Å². The predicted octanol–water partition coefficient (Wildman–Crippen LogP) is 2.55. The van der Waals surface area contributed by atoms with E-state index in [4.69, 9.17) is 0 Å². The predicted molar refractivity (Wildman–Crippen MR) is 51.2 cm³/mol. The lowest BCUT2D eigenvalue weighted by Gasteiger charge is -2.05. The van der Waals surface area contributed by atoms with Gasteiger partial charge in [0.1, 0.15) is 6.33 Å². The average molecular weight is 228 g/mol. The fourth-order valence-corrected chi connectivity index (χ4v) is 1.42. The molecule has 0 bridgehead atoms. The van der Waals surface area contributed by atoms with Crippen molar-refractivity contribution in [1.82, 2.24) is 9.55 Å². The highest BCUT2D eigenvalue weighted by Crippen LogP contribution is 2.21. The number of carbonyl (C=O) groups is 1. The molecule has 1 heterocycles. The minimum atomic E-state index is -4.89. The summed E-state index contributed by atoms with van der Waals surface area (Å²) < 4.78 is 37.2. The summed E-state index contributed by atoms with van der Waals surface area (Å²) in [4.78, 5) is 14.8. The Balaban J connectivity index is 2.59. The molecule has 0 N–H and O–H groups in total. The molecule has 2 rings (SSSR count). The molecule has 1 aromatic heterocycles. The van der Waals surface area contributed by atoms with Crippen molar-refractivity contribution in [2.45, 2.75) is 13.1 Å². The third kappa shape index (κ3) is 1.66. The van der Waals surface area contributed by atoms with Crippen LogP contribution in [-0.4, -0.2) is 21.6 Å². The average Bonchev–Trinajstić information content (AvgIpc) is 2.57. The molecule has 0 aliphatic rings. The van der Waals surface area contributed by atoms with Crippen molar-refractivity contribution in [3.8, 4) is 0 Å². The molecule has 0 aliphatic heterocycles. The normalized spacial score (nSPS) is 12.0. The minimum Gasteiger partial charge on any atom is -0.264 e. The van der Waals surface area contributed by atoms with Crippen LogP contribution in [0.1, 0.15) is 10.4 Å². The molecular formula is C10H7F3N2O. The number of rotatable bonds is 0. The van der Waals surface area contributed by atoms with Gasteiger partial charge in [0.05, 0.1) is 11.0 Å². The maximum Gasteiger partial charge on any atom is 0.472 e. The number of halogens is 3. The highest BCUT2D eigenvalue weighted by molar-refractivity contribution is 5.93. The van der Waals surface area contributed by atoms with E-state index >= 15 is 0 Å². The van der Waals surface area contributed by atoms with E-state index < -0.39 is 12.1 Å². The van der Waals surface area contributed by atoms with E-state index in [1.54, 1.807) is 19.1 Å². The van der Waals surface area contributed by atoms with Crippen molar-refractivity contribution in [1.29, 1.82) is 0 Å². The van der Waals surface area contributed by atoms with Crippen LogP contribution in [0.4, 0.5) is 13.2 Å². The van der Waals surface area contributed by atoms with Crippen LogP contribution in [0.2, 0.25) is 0 Å². The summed E-state index contributed by atoms with van der Waals surface area (Å²) in [5.41, 5.74) is 1.41. The zero-order chi connectivity index (χ0) is 11.9. The molecule has 0 saturated heterocycles. The Kier molecular flexibility index (Phi) is 2.22. The van der Waals surface area contributed by atoms with E-state index in [9.17, 15) is 18.0 Å². The van der Waals surface area contributed by atoms with E-state index in [1.165, 1.54) is 6.07 Å². The van der Waals surface area contributed by atoms with Crippen molar-refractivity contribution < 1.29 is 18.0 Å². The number of imidazole rings is 1. The van der Waals surface area contributed by atoms with Crippen molar-refractivity contribution in [2.75, 3.05) is 0 Å². The van der Waals surface area contributed by atoms with Crippen LogP contribution in [0.15, 0.2) is 24.5 Å². The van der Waals surface area contributed by atoms with E-state index in [2.05, 4.69) is 4.98 Å². The number of hydrogen-bond acceptors (Lipinski definition) is 2. The lowest BCUT2D eigenvalue weighted by molar-refractivity contribution is -0.0943. The second kappa shape index (κ2) is 3.33. The Morgan fingerprint density at radius 1 is 1.38 bits per heavy atom. The van der Waals surface area contributed by atoms with Gasteiger partial charge in [0.15, 0.2) is 0 Å². The molecule has 16 heavy (non-hydrogen) atoms. The van der Waals surface area contributed by atoms with Crippen LogP contribution in [0.25, 0.3) is 11.0 Å². The first-order chi connectivity index (χ1) is 7.39. The standard InChI is InChI=1S/C10H7F3N2O/c1-6-2-3-8-7(4-6)14-5-15(8)9(16)10(11,12)13/h2-5H,1H3. The first-order valence-electron chi connectivity index (χ1n) is 4.45. The molecule has 0 amide bonds. The van der Waals surface area contributed by atoms with Gasteiger partial charge < -0.3 is 0 Å². The molecular weight excluding hydrogens is 221 g/mol. The van der Waals surface area contributed by atoms with Gasteiger partial charge in [0.25, 0.3) is 0 Å². The van der Waals surface area contributed by atoms with Gasteiger partial charge in [-0.25, -0.2) is 4.98 Å². The molecule has 1 aromatic carbocycles. The summed E-state index contributed by atoms with van der Waals surface area (Å²) in [6.45, 7) is 1.80. The largest absolute Gasteiger partial charge is 0.472 e. The summed E-state index contributed by atoms with van der Waals surface area (Å²) in [5.74, 6) is -1.93. The first-order valence-corrected chi connectivity index (χ1v) is 4.45. The van der Waals surface area contributed by atoms with Crippen molar-refractivity contribution in [2.24, 2.45) is 0 Å². The summed E-state index contributed by atoms with van der Waals surface area (Å²) >= 11 is 0. The number of aromatic nitrogens is 2. The Labute approximate surface area is 88.5 Å². The number of alkyl halides is 3. The Bertz CT molecular complexity index is 557. The second-order valence-electron chi connectivity index (χ2n) is 3.41. The summed E-state index contributed by atoms with van der Waals surface area (Å²) in [7, 11) is 0. The van der Waals surface area contributed by atoms with Crippen LogP contribution < -0.4 is 0 Å². The van der Waals surface area contributed by atoms with E-state index in [-0.39, 0.29) is 5.52 Å². The number of fused-ring (bicyclic) bond motifs is 1. The molecule has 3 nitrogen and oxygen atoms in total. The molecule has 84 valence electrons. The van der Waals surface area contributed by atoms with Crippen LogP contribution in [-0.2, 0) is 0 Å². The monoisotopic (exact) mass is 228 g/mol. The Hall–Kier alpha value is -1.85. The van der Waals surface area contributed by atoms with Crippen LogP contribution in [0.3, 0.4) is 0 Å². The number of carbonyl (C=O) groups excluding carboxylic acids is 1. The number of aryl methyl sites for hydroxylation is 1. The van der Waals surface area contributed by atoms with Gasteiger partial charge in [-0.3, -0.25) is 9.36 Å². The highest BCUT2D eigenvalue weighted by Gasteiger charge is 2.40. The molecule has 2 aromatic rings. The van der Waals surface area contributed by atoms with Crippen molar-refractivity contribution >= 4 is 16.9 Å². The maximum absolute atomic E-state index is 12.2. The van der Waals surface area contributed by atoms with Gasteiger partial charge in [-0.1, -0.05) is 6.07 Å². The highest BCUT2D eigenvalue weighted by atomic mass is 19.4. The van der Waals surface area contributed by atoms with Gasteiger partial charge in [-0.2, -0.15) is 13.2 Å². The Morgan fingerprint density at radius 3 is 2.69 bits per heavy atom. The molecule has 0 radical (unpaired) electrons. The molecule has 0 spiro atoms. The lowest BCUT2D eigenvalue weighted by Crippen LogP contribution is -2.28. The number of benzene rings is 1. The van der Waals surface area contributed by atoms with Gasteiger partial charge in [0.2, 0.25) is 0 Å². The van der Waals surface area contributed by atoms with Crippen LogP contribution in [0.5, 0.6) is 0 Å². The smallest absolute Gasteiger partial charge is 0.264 e. The molecule has 0 saturated carbocycles. The fraction of sp³-hybridized carbons (Fsp3) is 0.200. The molecule has 0 aliphatic carbocycles. The topological polar surface area (TPSA) is 34.9 Å². The number of hydrogen-bond donors (Lipinski definition) is 0. The van der Waals surface area contributed by atoms with Gasteiger partial charge in [0, 0.05) is 0 Å². The van der Waals surface area contributed by atoms with E-state index in [0.29, 0.717) is 10.1 Å². The zero-order valence-electron chi connectivity index (χ0n) is 8.25. The fourth-order valence-electron chi connectivity index (χ4n) is 1.42. The summed E-state index contributed by atoms with van der Waals surface area (Å²) in [6, 6.07) is 4.70. The number of nitrogens with zero attached hydrogens (tertiary/aromatic N) is 2. The third-order valence-corrected chi connectivity index (χ3v) is 2.16. The molecule has 0 fully saturated rings. The second-order valence-corrected chi connectivity index (χ2v) is 3.41. The van der Waals surface area contributed by atoms with Gasteiger partial charge in [-0.05, 0) is 24.6 Å². The van der Waals surface area contributed by atoms with Crippen molar-refractivity contribution in [3.05, 3.63) is 30.1 Å². The lowest BCUT2D eigenvalue weighted by atomic mass is 10.2. The maximum atomic E-state index is 12.2. The SMILES string of the molecule is Cc1ccc2c(c1)ncn2C(=O)C(F)(F)F. The van der Waals surface area contributed by atoms with Crippen LogP contribution in [0, 0.1) is 6.92 Å². The quantitative estimate of drug-likeness (QED) is 0.694. The molecule has 0 atom stereocenters. The molecule has 6 heteroatoms. The molecule has 0 unspecified atom stereocenters. The third-order valence-electron chi connectivity index (χ3n) is 2.16. The zero-order valence-corrected chi connectivity index (χ0v) is 8.25. The van der Waals surface area contributed by atoms with E-state index in [1.807, 2.05) is 0 Å². The van der Waals surface area contributed by atoms with Gasteiger partial charge in [-0.15, -0.1) is 0 Å². The summed E-state index contributed by atoms with van der Waals surface area (Å²) in [5, 5.41) is 0. The minimum absolute atomic E-state index is 0.160. The Morgan fingerprint density at radius 2 is 2.06 bits per heavy atom. The first kappa shape index (κ1) is 10.7. The van der Waals surface area contributed by atoms with Crippen LogP contribution >= 0.6 is 0 Å².